The second-order valence-corrected chi connectivity index (χ2v) is 5.50. The molecule has 20 heavy (non-hydrogen) atoms. The van der Waals surface area contributed by atoms with Crippen LogP contribution in [0.25, 0.3) is 0 Å². The molecular formula is C11H13NO7S. The van der Waals surface area contributed by atoms with Gasteiger partial charge in [-0.15, -0.1) is 0 Å². The SMILES string of the molecule is COc1ccc(S(=O)(=O)N[C@@H](CC(=O)O)C(=O)O)cc1. The molecule has 0 radical (unpaired) electrons. The summed E-state index contributed by atoms with van der Waals surface area (Å²) in [5.74, 6) is -2.55. The van der Waals surface area contributed by atoms with Crippen molar-refractivity contribution in [1.29, 1.82) is 0 Å². The Morgan fingerprint density at radius 3 is 2.20 bits per heavy atom. The normalized spacial score (nSPS) is 12.7. The number of aliphatic carboxylic acids is 2. The molecule has 9 heteroatoms. The summed E-state index contributed by atoms with van der Waals surface area (Å²) >= 11 is 0. The molecule has 1 rings (SSSR count). The number of ether oxygens (including phenoxy) is 1. The fraction of sp³-hybridized carbons (Fsp3) is 0.273. The lowest BCUT2D eigenvalue weighted by Gasteiger charge is -2.13. The molecule has 0 bridgehead atoms. The third kappa shape index (κ3) is 4.21. The van der Waals surface area contributed by atoms with Crippen LogP contribution in [0.5, 0.6) is 5.75 Å². The van der Waals surface area contributed by atoms with Crippen LogP contribution in [-0.2, 0) is 19.6 Å². The Morgan fingerprint density at radius 1 is 1.25 bits per heavy atom. The van der Waals surface area contributed by atoms with Crippen molar-refractivity contribution >= 4 is 22.0 Å². The third-order valence-corrected chi connectivity index (χ3v) is 3.83. The predicted octanol–water partition coefficient (Wildman–Crippen LogP) is -0.0986. The van der Waals surface area contributed by atoms with Crippen molar-refractivity contribution in [3.8, 4) is 5.75 Å². The van der Waals surface area contributed by atoms with Gasteiger partial charge < -0.3 is 14.9 Å². The largest absolute Gasteiger partial charge is 0.497 e. The molecule has 1 aromatic rings. The Balaban J connectivity index is 2.96. The van der Waals surface area contributed by atoms with Gasteiger partial charge in [0, 0.05) is 0 Å². The minimum Gasteiger partial charge on any atom is -0.497 e. The highest BCUT2D eigenvalue weighted by molar-refractivity contribution is 7.89. The summed E-state index contributed by atoms with van der Waals surface area (Å²) in [4.78, 5) is 21.2. The molecule has 0 aliphatic heterocycles. The Hall–Kier alpha value is -2.13. The van der Waals surface area contributed by atoms with Gasteiger partial charge in [-0.2, -0.15) is 4.72 Å². The first-order valence-corrected chi connectivity index (χ1v) is 6.85. The van der Waals surface area contributed by atoms with Crippen LogP contribution < -0.4 is 9.46 Å². The standard InChI is InChI=1S/C11H13NO7S/c1-19-7-2-4-8(5-3-7)20(17,18)12-9(11(15)16)6-10(13)14/h2-5,9,12H,6H2,1H3,(H,13,14)(H,15,16)/t9-/m0/s1. The molecule has 0 amide bonds. The van der Waals surface area contributed by atoms with E-state index in [1.54, 1.807) is 0 Å². The summed E-state index contributed by atoms with van der Waals surface area (Å²) in [6, 6.07) is 3.49. The number of carboxylic acids is 2. The monoisotopic (exact) mass is 303 g/mol. The first-order valence-electron chi connectivity index (χ1n) is 5.37. The fourth-order valence-electron chi connectivity index (χ4n) is 1.36. The summed E-state index contributed by atoms with van der Waals surface area (Å²) in [6.07, 6.45) is -0.856. The van der Waals surface area contributed by atoms with Crippen LogP contribution in [-0.4, -0.2) is 43.7 Å². The van der Waals surface area contributed by atoms with Crippen LogP contribution in [0.3, 0.4) is 0 Å². The number of hydrogen-bond acceptors (Lipinski definition) is 5. The number of carboxylic acid groups (broad SMARTS) is 2. The number of benzene rings is 1. The van der Waals surface area contributed by atoms with E-state index >= 15 is 0 Å². The molecule has 0 fully saturated rings. The zero-order chi connectivity index (χ0) is 15.3. The number of nitrogens with one attached hydrogen (secondary N) is 1. The molecule has 0 saturated heterocycles. The van der Waals surface area contributed by atoms with E-state index in [0.29, 0.717) is 5.75 Å². The summed E-state index contributed by atoms with van der Waals surface area (Å²) in [5.41, 5.74) is 0. The highest BCUT2D eigenvalue weighted by Crippen LogP contribution is 2.16. The van der Waals surface area contributed by atoms with Crippen LogP contribution in [0, 0.1) is 0 Å². The first kappa shape index (κ1) is 15.9. The number of hydrogen-bond donors (Lipinski definition) is 3. The van der Waals surface area contributed by atoms with Crippen LogP contribution in [0.2, 0.25) is 0 Å². The van der Waals surface area contributed by atoms with E-state index < -0.39 is 34.4 Å². The lowest BCUT2D eigenvalue weighted by atomic mass is 10.2. The van der Waals surface area contributed by atoms with Crippen molar-refractivity contribution in [2.24, 2.45) is 0 Å². The van der Waals surface area contributed by atoms with Gasteiger partial charge in [0.15, 0.2) is 0 Å². The number of rotatable bonds is 7. The van der Waals surface area contributed by atoms with E-state index in [2.05, 4.69) is 0 Å². The molecule has 8 nitrogen and oxygen atoms in total. The Morgan fingerprint density at radius 2 is 1.80 bits per heavy atom. The molecule has 0 saturated carbocycles. The highest BCUT2D eigenvalue weighted by Gasteiger charge is 2.27. The van der Waals surface area contributed by atoms with Crippen LogP contribution in [0.15, 0.2) is 29.2 Å². The van der Waals surface area contributed by atoms with Crippen molar-refractivity contribution in [2.75, 3.05) is 7.11 Å². The van der Waals surface area contributed by atoms with Crippen molar-refractivity contribution < 1.29 is 33.0 Å². The summed E-state index contributed by atoms with van der Waals surface area (Å²) < 4.78 is 30.5. The number of carbonyl (C=O) groups is 2. The maximum Gasteiger partial charge on any atom is 0.322 e. The van der Waals surface area contributed by atoms with E-state index in [1.807, 2.05) is 4.72 Å². The smallest absolute Gasteiger partial charge is 0.322 e. The van der Waals surface area contributed by atoms with Crippen LogP contribution in [0.4, 0.5) is 0 Å². The van der Waals surface area contributed by atoms with E-state index in [-0.39, 0.29) is 4.90 Å². The maximum absolute atomic E-state index is 11.9. The van der Waals surface area contributed by atoms with E-state index in [9.17, 15) is 18.0 Å². The van der Waals surface area contributed by atoms with Gasteiger partial charge in [-0.3, -0.25) is 9.59 Å². The zero-order valence-electron chi connectivity index (χ0n) is 10.4. The van der Waals surface area contributed by atoms with E-state index in [4.69, 9.17) is 14.9 Å². The molecule has 1 atom stereocenters. The van der Waals surface area contributed by atoms with Gasteiger partial charge >= 0.3 is 11.9 Å². The molecule has 3 N–H and O–H groups in total. The van der Waals surface area contributed by atoms with Crippen LogP contribution >= 0.6 is 0 Å². The molecular weight excluding hydrogens is 290 g/mol. The lowest BCUT2D eigenvalue weighted by Crippen LogP contribution is -2.42. The minimum atomic E-state index is -4.12. The van der Waals surface area contributed by atoms with Gasteiger partial charge in [0.25, 0.3) is 0 Å². The van der Waals surface area contributed by atoms with Gasteiger partial charge in [0.1, 0.15) is 11.8 Å². The quantitative estimate of drug-likeness (QED) is 0.641. The third-order valence-electron chi connectivity index (χ3n) is 2.34. The lowest BCUT2D eigenvalue weighted by molar-refractivity contribution is -0.145. The predicted molar refractivity (Wildman–Crippen MR) is 67.0 cm³/mol. The Labute approximate surface area is 115 Å². The average Bonchev–Trinajstić information content (AvgIpc) is 2.37. The van der Waals surface area contributed by atoms with Crippen molar-refractivity contribution in [3.63, 3.8) is 0 Å². The zero-order valence-corrected chi connectivity index (χ0v) is 11.3. The second kappa shape index (κ2) is 6.35. The Bertz CT molecular complexity index is 594. The van der Waals surface area contributed by atoms with Gasteiger partial charge in [0.05, 0.1) is 18.4 Å². The van der Waals surface area contributed by atoms with Crippen LogP contribution in [0.1, 0.15) is 6.42 Å². The highest BCUT2D eigenvalue weighted by atomic mass is 32.2. The molecule has 0 aliphatic rings. The van der Waals surface area contributed by atoms with Crippen molar-refractivity contribution in [2.45, 2.75) is 17.4 Å². The summed E-state index contributed by atoms with van der Waals surface area (Å²) in [5, 5.41) is 17.4. The molecule has 0 aromatic heterocycles. The molecule has 0 aliphatic carbocycles. The maximum atomic E-state index is 11.9. The van der Waals surface area contributed by atoms with Crippen molar-refractivity contribution in [3.05, 3.63) is 24.3 Å². The molecule has 0 unspecified atom stereocenters. The minimum absolute atomic E-state index is 0.185. The Kier molecular flexibility index (Phi) is 5.06. The van der Waals surface area contributed by atoms with Crippen molar-refractivity contribution in [1.82, 2.24) is 4.72 Å². The molecule has 0 heterocycles. The average molecular weight is 303 g/mol. The van der Waals surface area contributed by atoms with Gasteiger partial charge in [-0.25, -0.2) is 8.42 Å². The number of sulfonamides is 1. The molecule has 110 valence electrons. The van der Waals surface area contributed by atoms with Gasteiger partial charge in [0.2, 0.25) is 10.0 Å². The van der Waals surface area contributed by atoms with E-state index in [0.717, 1.165) is 0 Å². The van der Waals surface area contributed by atoms with Gasteiger partial charge in [-0.1, -0.05) is 0 Å². The second-order valence-electron chi connectivity index (χ2n) is 3.79. The van der Waals surface area contributed by atoms with E-state index in [1.165, 1.54) is 31.4 Å². The number of methoxy groups -OCH3 is 1. The topological polar surface area (TPSA) is 130 Å². The fourth-order valence-corrected chi connectivity index (χ4v) is 2.55. The molecule has 1 aromatic carbocycles. The molecule has 0 spiro atoms. The summed E-state index contributed by atoms with van der Waals surface area (Å²) in [7, 11) is -2.71. The summed E-state index contributed by atoms with van der Waals surface area (Å²) in [6.45, 7) is 0. The van der Waals surface area contributed by atoms with Gasteiger partial charge in [-0.05, 0) is 24.3 Å². The first-order chi connectivity index (χ1) is 9.26.